The summed E-state index contributed by atoms with van der Waals surface area (Å²) in [5.41, 5.74) is 2.74. The summed E-state index contributed by atoms with van der Waals surface area (Å²) in [4.78, 5) is 29.3. The third-order valence-electron chi connectivity index (χ3n) is 5.78. The second kappa shape index (κ2) is 11.0. The van der Waals surface area contributed by atoms with Gasteiger partial charge >= 0.3 is 6.03 Å². The van der Waals surface area contributed by atoms with Gasteiger partial charge in [0.1, 0.15) is 6.04 Å². The van der Waals surface area contributed by atoms with Crippen LogP contribution in [0.1, 0.15) is 31.4 Å². The van der Waals surface area contributed by atoms with Gasteiger partial charge in [0.2, 0.25) is 15.9 Å². The van der Waals surface area contributed by atoms with E-state index < -0.39 is 16.1 Å². The zero-order chi connectivity index (χ0) is 24.9. The number of carbonyl (C=O) groups is 2. The highest BCUT2D eigenvalue weighted by molar-refractivity contribution is 7.89. The number of rotatable bonds is 7. The minimum atomic E-state index is -3.84. The molecule has 0 spiro atoms. The first-order valence-corrected chi connectivity index (χ1v) is 13.0. The van der Waals surface area contributed by atoms with Crippen LogP contribution >= 0.6 is 0 Å². The fraction of sp³-hybridized carbons (Fsp3) is 0.440. The molecular weight excluding hydrogens is 452 g/mol. The molecule has 0 radical (unpaired) electrons. The lowest BCUT2D eigenvalue weighted by atomic mass is 10.0. The quantitative estimate of drug-likeness (QED) is 0.627. The lowest BCUT2D eigenvalue weighted by Gasteiger charge is -2.36. The van der Waals surface area contributed by atoms with Crippen LogP contribution in [0.2, 0.25) is 0 Å². The van der Waals surface area contributed by atoms with E-state index in [1.54, 1.807) is 34.1 Å². The molecule has 8 nitrogen and oxygen atoms in total. The molecule has 2 aromatic rings. The molecule has 1 saturated heterocycles. The molecule has 2 aromatic carbocycles. The van der Waals surface area contributed by atoms with Crippen LogP contribution in [-0.4, -0.2) is 62.4 Å². The monoisotopic (exact) mass is 486 g/mol. The molecule has 0 aromatic heterocycles. The lowest BCUT2D eigenvalue weighted by Crippen LogP contribution is -2.56. The van der Waals surface area contributed by atoms with Crippen molar-refractivity contribution >= 4 is 27.6 Å². The largest absolute Gasteiger partial charge is 0.338 e. The predicted octanol–water partition coefficient (Wildman–Crippen LogP) is 3.37. The summed E-state index contributed by atoms with van der Waals surface area (Å²) in [6.45, 7) is 9.20. The van der Waals surface area contributed by atoms with Crippen LogP contribution in [0.3, 0.4) is 0 Å². The molecule has 9 heteroatoms. The van der Waals surface area contributed by atoms with Crippen LogP contribution in [0.15, 0.2) is 53.4 Å². The van der Waals surface area contributed by atoms with Crippen molar-refractivity contribution in [2.45, 2.75) is 45.1 Å². The average molecular weight is 487 g/mol. The van der Waals surface area contributed by atoms with Gasteiger partial charge in [-0.15, -0.1) is 0 Å². The second-order valence-electron chi connectivity index (χ2n) is 9.23. The molecule has 0 saturated carbocycles. The number of hydrogen-bond acceptors (Lipinski definition) is 4. The number of amides is 3. The van der Waals surface area contributed by atoms with E-state index in [0.29, 0.717) is 32.6 Å². The molecule has 1 heterocycles. The van der Waals surface area contributed by atoms with Gasteiger partial charge in [-0.1, -0.05) is 43.7 Å². The van der Waals surface area contributed by atoms with Crippen LogP contribution in [0, 0.1) is 19.8 Å². The number of anilines is 1. The van der Waals surface area contributed by atoms with Gasteiger partial charge in [-0.3, -0.25) is 4.79 Å². The van der Waals surface area contributed by atoms with E-state index in [0.717, 1.165) is 16.8 Å². The number of aryl methyl sites for hydroxylation is 2. The summed E-state index contributed by atoms with van der Waals surface area (Å²) in [5, 5.41) is 2.89. The Balaban J connectivity index is 1.63. The number of urea groups is 1. The maximum absolute atomic E-state index is 13.3. The Morgan fingerprint density at radius 1 is 0.912 bits per heavy atom. The summed E-state index contributed by atoms with van der Waals surface area (Å²) in [6.07, 6.45) is 0.387. The number of benzene rings is 2. The molecule has 3 rings (SSSR count). The Bertz CT molecular complexity index is 1110. The standard InChI is InChI=1S/C25H34N4O4S/c1-18(2)16-23(27-34(32,33)22-10-8-19(3)9-11-22)24(30)28-12-14-29(15-13-28)25(31)26-21-7-5-6-20(4)17-21/h5-11,17-18,23,27H,12-16H2,1-4H3,(H,26,31). The van der Waals surface area contributed by atoms with Gasteiger partial charge in [0.25, 0.3) is 0 Å². The minimum absolute atomic E-state index is 0.121. The Kier molecular flexibility index (Phi) is 8.33. The highest BCUT2D eigenvalue weighted by atomic mass is 32.2. The molecule has 1 fully saturated rings. The van der Waals surface area contributed by atoms with Gasteiger partial charge < -0.3 is 15.1 Å². The van der Waals surface area contributed by atoms with Crippen molar-refractivity contribution in [1.82, 2.24) is 14.5 Å². The first kappa shape index (κ1) is 25.7. The number of nitrogens with zero attached hydrogens (tertiary/aromatic N) is 2. The number of carbonyl (C=O) groups excluding carboxylic acids is 2. The van der Waals surface area contributed by atoms with Gasteiger partial charge in [0, 0.05) is 31.9 Å². The lowest BCUT2D eigenvalue weighted by molar-refractivity contribution is -0.134. The maximum Gasteiger partial charge on any atom is 0.321 e. The van der Waals surface area contributed by atoms with Crippen molar-refractivity contribution in [2.75, 3.05) is 31.5 Å². The zero-order valence-corrected chi connectivity index (χ0v) is 21.1. The zero-order valence-electron chi connectivity index (χ0n) is 20.2. The Morgan fingerprint density at radius 3 is 2.12 bits per heavy atom. The van der Waals surface area contributed by atoms with Gasteiger partial charge in [-0.25, -0.2) is 13.2 Å². The van der Waals surface area contributed by atoms with E-state index in [4.69, 9.17) is 0 Å². The third kappa shape index (κ3) is 6.80. The molecule has 0 bridgehead atoms. The number of sulfonamides is 1. The normalized spacial score (nSPS) is 15.3. The highest BCUT2D eigenvalue weighted by Gasteiger charge is 2.32. The molecule has 1 atom stereocenters. The topological polar surface area (TPSA) is 98.8 Å². The van der Waals surface area contributed by atoms with Crippen molar-refractivity contribution in [1.29, 1.82) is 0 Å². The van der Waals surface area contributed by atoms with Crippen LogP contribution < -0.4 is 10.0 Å². The van der Waals surface area contributed by atoms with E-state index >= 15 is 0 Å². The first-order valence-electron chi connectivity index (χ1n) is 11.6. The molecule has 184 valence electrons. The molecule has 1 aliphatic rings. The summed E-state index contributed by atoms with van der Waals surface area (Å²) < 4.78 is 28.5. The van der Waals surface area contributed by atoms with Gasteiger partial charge in [-0.2, -0.15) is 4.72 Å². The predicted molar refractivity (Wildman–Crippen MR) is 133 cm³/mol. The summed E-state index contributed by atoms with van der Waals surface area (Å²) in [6, 6.07) is 13.0. The Morgan fingerprint density at radius 2 is 1.53 bits per heavy atom. The van der Waals surface area contributed by atoms with Crippen LogP contribution in [0.5, 0.6) is 0 Å². The first-order chi connectivity index (χ1) is 16.0. The smallest absolute Gasteiger partial charge is 0.321 e. The summed E-state index contributed by atoms with van der Waals surface area (Å²) >= 11 is 0. The molecular formula is C25H34N4O4S. The van der Waals surface area contributed by atoms with Gasteiger partial charge in [0.05, 0.1) is 4.90 Å². The summed E-state index contributed by atoms with van der Waals surface area (Å²) in [5.74, 6) is -0.140. The van der Waals surface area contributed by atoms with E-state index in [2.05, 4.69) is 10.0 Å². The molecule has 0 aliphatic carbocycles. The van der Waals surface area contributed by atoms with E-state index in [1.165, 1.54) is 0 Å². The second-order valence-corrected chi connectivity index (χ2v) is 10.9. The molecule has 1 unspecified atom stereocenters. The fourth-order valence-electron chi connectivity index (χ4n) is 3.92. The average Bonchev–Trinajstić information content (AvgIpc) is 2.78. The molecule has 2 N–H and O–H groups in total. The highest BCUT2D eigenvalue weighted by Crippen LogP contribution is 2.17. The van der Waals surface area contributed by atoms with Crippen LogP contribution in [0.25, 0.3) is 0 Å². The molecule has 1 aliphatic heterocycles. The van der Waals surface area contributed by atoms with Gasteiger partial charge in [0.15, 0.2) is 0 Å². The third-order valence-corrected chi connectivity index (χ3v) is 7.27. The van der Waals surface area contributed by atoms with Crippen molar-refractivity contribution in [3.8, 4) is 0 Å². The van der Waals surface area contributed by atoms with Crippen molar-refractivity contribution in [3.63, 3.8) is 0 Å². The minimum Gasteiger partial charge on any atom is -0.338 e. The number of hydrogen-bond donors (Lipinski definition) is 2. The molecule has 3 amide bonds. The molecule has 34 heavy (non-hydrogen) atoms. The fourth-order valence-corrected chi connectivity index (χ4v) is 5.12. The number of nitrogens with one attached hydrogen (secondary N) is 2. The summed E-state index contributed by atoms with van der Waals surface area (Å²) in [7, 11) is -3.84. The van der Waals surface area contributed by atoms with Gasteiger partial charge in [-0.05, 0) is 56.0 Å². The van der Waals surface area contributed by atoms with E-state index in [9.17, 15) is 18.0 Å². The van der Waals surface area contributed by atoms with Crippen molar-refractivity contribution in [3.05, 3.63) is 59.7 Å². The Hall–Kier alpha value is -2.91. The number of piperazine rings is 1. The van der Waals surface area contributed by atoms with Crippen molar-refractivity contribution in [2.24, 2.45) is 5.92 Å². The van der Waals surface area contributed by atoms with Crippen molar-refractivity contribution < 1.29 is 18.0 Å². The van der Waals surface area contributed by atoms with Crippen LogP contribution in [0.4, 0.5) is 10.5 Å². The van der Waals surface area contributed by atoms with Crippen LogP contribution in [-0.2, 0) is 14.8 Å². The maximum atomic E-state index is 13.3. The van der Waals surface area contributed by atoms with E-state index in [1.807, 2.05) is 52.0 Å². The van der Waals surface area contributed by atoms with E-state index in [-0.39, 0.29) is 22.8 Å². The SMILES string of the molecule is Cc1ccc(S(=O)(=O)NC(CC(C)C)C(=O)N2CCN(C(=O)Nc3cccc(C)c3)CC2)cc1. The Labute approximate surface area is 202 Å².